The molecule has 0 atom stereocenters. The Morgan fingerprint density at radius 1 is 1.62 bits per heavy atom. The van der Waals surface area contributed by atoms with Gasteiger partial charge in [-0.1, -0.05) is 0 Å². The normalized spacial score (nSPS) is 10.4. The highest BCUT2D eigenvalue weighted by atomic mass is 127. The highest BCUT2D eigenvalue weighted by Gasteiger charge is 2.06. The summed E-state index contributed by atoms with van der Waals surface area (Å²) in [4.78, 5) is 19.1. The molecule has 0 aliphatic carbocycles. The highest BCUT2D eigenvalue weighted by Crippen LogP contribution is 2.23. The number of H-pyrrole nitrogens is 1. The Morgan fingerprint density at radius 3 is 3.12 bits per heavy atom. The molecule has 2 aromatic heterocycles. The van der Waals surface area contributed by atoms with E-state index >= 15 is 0 Å². The molecule has 0 saturated heterocycles. The number of anilines is 1. The Labute approximate surface area is 118 Å². The quantitative estimate of drug-likeness (QED) is 0.763. The monoisotopic (exact) mass is 411 g/mol. The minimum absolute atomic E-state index is 0.122. The lowest BCUT2D eigenvalue weighted by Crippen LogP contribution is -2.14. The van der Waals surface area contributed by atoms with Crippen molar-refractivity contribution in [3.05, 3.63) is 41.0 Å². The van der Waals surface area contributed by atoms with E-state index in [1.54, 1.807) is 11.3 Å². The standard InChI is InChI=1S/C9H7BrIN3OS/c10-5-1-2-16-6(5)3-12-8-7(11)9(15)14-4-13-8/h1-2,4H,3H2,(H2,12,13,14,15). The topological polar surface area (TPSA) is 57.8 Å². The lowest BCUT2D eigenvalue weighted by Gasteiger charge is -2.05. The van der Waals surface area contributed by atoms with Gasteiger partial charge in [0.15, 0.2) is 0 Å². The van der Waals surface area contributed by atoms with Crippen LogP contribution < -0.4 is 10.9 Å². The molecule has 0 saturated carbocycles. The molecule has 2 aromatic rings. The predicted molar refractivity (Wildman–Crippen MR) is 76.9 cm³/mol. The van der Waals surface area contributed by atoms with E-state index < -0.39 is 0 Å². The Kier molecular flexibility index (Phi) is 3.98. The molecule has 0 aliphatic rings. The number of halogens is 2. The summed E-state index contributed by atoms with van der Waals surface area (Å²) in [5, 5.41) is 5.15. The van der Waals surface area contributed by atoms with E-state index in [1.807, 2.05) is 34.0 Å². The number of thiophene rings is 1. The van der Waals surface area contributed by atoms with Crippen molar-refractivity contribution in [3.8, 4) is 0 Å². The first-order valence-electron chi connectivity index (χ1n) is 4.37. The number of hydrogen-bond donors (Lipinski definition) is 2. The van der Waals surface area contributed by atoms with Gasteiger partial charge in [0.05, 0.1) is 12.9 Å². The highest BCUT2D eigenvalue weighted by molar-refractivity contribution is 14.1. The number of rotatable bonds is 3. The average Bonchev–Trinajstić information content (AvgIpc) is 2.67. The molecule has 16 heavy (non-hydrogen) atoms. The van der Waals surface area contributed by atoms with Crippen LogP contribution in [0.4, 0.5) is 5.82 Å². The molecule has 0 aromatic carbocycles. The molecule has 0 amide bonds. The number of hydrogen-bond acceptors (Lipinski definition) is 4. The number of nitrogens with one attached hydrogen (secondary N) is 2. The molecule has 0 spiro atoms. The lowest BCUT2D eigenvalue weighted by atomic mass is 10.4. The summed E-state index contributed by atoms with van der Waals surface area (Å²) in [6, 6.07) is 2.00. The largest absolute Gasteiger partial charge is 0.364 e. The first kappa shape index (κ1) is 12.1. The van der Waals surface area contributed by atoms with Gasteiger partial charge >= 0.3 is 0 Å². The minimum atomic E-state index is -0.122. The summed E-state index contributed by atoms with van der Waals surface area (Å²) < 4.78 is 1.65. The van der Waals surface area contributed by atoms with Crippen LogP contribution in [0.2, 0.25) is 0 Å². The third-order valence-corrected chi connectivity index (χ3v) is 4.83. The summed E-state index contributed by atoms with van der Waals surface area (Å²) in [5.41, 5.74) is -0.122. The molecule has 2 N–H and O–H groups in total. The van der Waals surface area contributed by atoms with Crippen LogP contribution in [0.25, 0.3) is 0 Å². The van der Waals surface area contributed by atoms with E-state index in [0.717, 1.165) is 4.47 Å². The van der Waals surface area contributed by atoms with E-state index in [4.69, 9.17) is 0 Å². The zero-order chi connectivity index (χ0) is 11.5. The molecule has 2 rings (SSSR count). The van der Waals surface area contributed by atoms with E-state index in [-0.39, 0.29) is 5.56 Å². The fourth-order valence-electron chi connectivity index (χ4n) is 1.12. The maximum Gasteiger partial charge on any atom is 0.266 e. The molecule has 0 fully saturated rings. The SMILES string of the molecule is O=c1[nH]cnc(NCc2sccc2Br)c1I. The maximum absolute atomic E-state index is 11.3. The van der Waals surface area contributed by atoms with Gasteiger partial charge in [-0.25, -0.2) is 4.98 Å². The van der Waals surface area contributed by atoms with Gasteiger partial charge in [-0.15, -0.1) is 11.3 Å². The summed E-state index contributed by atoms with van der Waals surface area (Å²) in [6.45, 7) is 0.657. The number of aromatic nitrogens is 2. The smallest absolute Gasteiger partial charge is 0.266 e. The average molecular weight is 412 g/mol. The van der Waals surface area contributed by atoms with Crippen LogP contribution in [0.3, 0.4) is 0 Å². The molecular weight excluding hydrogens is 405 g/mol. The van der Waals surface area contributed by atoms with E-state index in [0.29, 0.717) is 15.9 Å². The van der Waals surface area contributed by atoms with Crippen molar-refractivity contribution in [2.75, 3.05) is 5.32 Å². The van der Waals surface area contributed by atoms with Crippen molar-refractivity contribution in [1.29, 1.82) is 0 Å². The van der Waals surface area contributed by atoms with E-state index in [9.17, 15) is 4.79 Å². The molecule has 7 heteroatoms. The van der Waals surface area contributed by atoms with Gasteiger partial charge in [-0.3, -0.25) is 4.79 Å². The molecule has 2 heterocycles. The fraction of sp³-hybridized carbons (Fsp3) is 0.111. The third kappa shape index (κ3) is 2.64. The van der Waals surface area contributed by atoms with Gasteiger partial charge < -0.3 is 10.3 Å². The van der Waals surface area contributed by atoms with Crippen LogP contribution in [0.15, 0.2) is 27.0 Å². The third-order valence-electron chi connectivity index (χ3n) is 1.90. The Hall–Kier alpha value is -0.410. The van der Waals surface area contributed by atoms with Gasteiger partial charge in [0.2, 0.25) is 0 Å². The molecule has 84 valence electrons. The maximum atomic E-state index is 11.3. The van der Waals surface area contributed by atoms with E-state index in [2.05, 4.69) is 31.2 Å². The first-order chi connectivity index (χ1) is 7.68. The molecular formula is C9H7BrIN3OS. The van der Waals surface area contributed by atoms with Gasteiger partial charge in [0.25, 0.3) is 5.56 Å². The second kappa shape index (κ2) is 5.28. The molecule has 0 aliphatic heterocycles. The Balaban J connectivity index is 2.14. The van der Waals surface area contributed by atoms with Gasteiger partial charge in [0, 0.05) is 9.35 Å². The van der Waals surface area contributed by atoms with Gasteiger partial charge in [-0.2, -0.15) is 0 Å². The van der Waals surface area contributed by atoms with Crippen molar-refractivity contribution in [2.24, 2.45) is 0 Å². The molecule has 4 nitrogen and oxygen atoms in total. The zero-order valence-corrected chi connectivity index (χ0v) is 12.5. The summed E-state index contributed by atoms with van der Waals surface area (Å²) >= 11 is 7.08. The van der Waals surface area contributed by atoms with Crippen molar-refractivity contribution in [3.63, 3.8) is 0 Å². The fourth-order valence-corrected chi connectivity index (χ4v) is 3.04. The number of aromatic amines is 1. The van der Waals surface area contributed by atoms with Crippen LogP contribution in [0, 0.1) is 3.57 Å². The van der Waals surface area contributed by atoms with Crippen molar-refractivity contribution < 1.29 is 0 Å². The van der Waals surface area contributed by atoms with Crippen LogP contribution >= 0.6 is 49.9 Å². The Bertz CT molecular complexity index is 554. The zero-order valence-electron chi connectivity index (χ0n) is 7.96. The number of nitrogens with zero attached hydrogens (tertiary/aromatic N) is 1. The summed E-state index contributed by atoms with van der Waals surface area (Å²) in [6.07, 6.45) is 1.40. The lowest BCUT2D eigenvalue weighted by molar-refractivity contribution is 1.05. The molecule has 0 radical (unpaired) electrons. The van der Waals surface area contributed by atoms with Crippen molar-refractivity contribution in [1.82, 2.24) is 9.97 Å². The van der Waals surface area contributed by atoms with Crippen molar-refractivity contribution >= 4 is 55.7 Å². The summed E-state index contributed by atoms with van der Waals surface area (Å²) in [5.74, 6) is 0.615. The van der Waals surface area contributed by atoms with Gasteiger partial charge in [0.1, 0.15) is 9.39 Å². The molecule has 0 bridgehead atoms. The second-order valence-electron chi connectivity index (χ2n) is 2.94. The summed E-state index contributed by atoms with van der Waals surface area (Å²) in [7, 11) is 0. The van der Waals surface area contributed by atoms with Crippen LogP contribution in [-0.2, 0) is 6.54 Å². The van der Waals surface area contributed by atoms with Gasteiger partial charge in [-0.05, 0) is 50.0 Å². The van der Waals surface area contributed by atoms with Crippen molar-refractivity contribution in [2.45, 2.75) is 6.54 Å². The second-order valence-corrected chi connectivity index (χ2v) is 5.87. The van der Waals surface area contributed by atoms with Crippen LogP contribution in [-0.4, -0.2) is 9.97 Å². The van der Waals surface area contributed by atoms with E-state index in [1.165, 1.54) is 11.2 Å². The first-order valence-corrected chi connectivity index (χ1v) is 7.12. The molecule has 0 unspecified atom stereocenters. The predicted octanol–water partition coefficient (Wildman–Crippen LogP) is 2.81. The van der Waals surface area contributed by atoms with Crippen LogP contribution in [0.1, 0.15) is 4.88 Å². The minimum Gasteiger partial charge on any atom is -0.364 e. The van der Waals surface area contributed by atoms with Crippen LogP contribution in [0.5, 0.6) is 0 Å². The Morgan fingerprint density at radius 2 is 2.44 bits per heavy atom.